The number of benzene rings is 1. The number of carbonyl (C=O) groups excluding carboxylic acids is 2. The predicted octanol–water partition coefficient (Wildman–Crippen LogP) is 3.50. The predicted molar refractivity (Wildman–Crippen MR) is 173 cm³/mol. The zero-order chi connectivity index (χ0) is 30.4. The summed E-state index contributed by atoms with van der Waals surface area (Å²) in [5.74, 6) is 0.463. The van der Waals surface area contributed by atoms with E-state index in [1.807, 2.05) is 6.92 Å². The minimum absolute atomic E-state index is 0. The van der Waals surface area contributed by atoms with Crippen LogP contribution in [0.1, 0.15) is 103 Å². The highest BCUT2D eigenvalue weighted by molar-refractivity contribution is 5.91. The number of hydrogen-bond acceptors (Lipinski definition) is 7. The van der Waals surface area contributed by atoms with E-state index in [1.54, 1.807) is 18.2 Å². The lowest BCUT2D eigenvalue weighted by atomic mass is 9.96. The highest BCUT2D eigenvalue weighted by Gasteiger charge is 2.50. The zero-order valence-electron chi connectivity index (χ0n) is 27.7. The van der Waals surface area contributed by atoms with Crippen LogP contribution < -0.4 is 27.5 Å². The fourth-order valence-corrected chi connectivity index (χ4v) is 6.17. The Morgan fingerprint density at radius 2 is 1.53 bits per heavy atom. The minimum atomic E-state index is -0.351. The molecule has 0 aliphatic carbocycles. The van der Waals surface area contributed by atoms with Gasteiger partial charge in [-0.25, -0.2) is 4.79 Å². The number of anilines is 1. The van der Waals surface area contributed by atoms with Gasteiger partial charge in [0.15, 0.2) is 0 Å². The summed E-state index contributed by atoms with van der Waals surface area (Å²) in [7, 11) is 4.69. The number of quaternary nitrogens is 1. The SMILES string of the molecule is CCCC(CCC)C(=O)O[C@H]1C[C@H]2CC[C@@H](C1)[N+]2(C)C.CCCOc1ccc(C(=O)OCCN(CC)CC)cc1N.Cl.[Br-]. The maximum absolute atomic E-state index is 12.4. The number of piperidine rings is 1. The first-order valence-electron chi connectivity index (χ1n) is 16.1. The Kier molecular flexibility index (Phi) is 20.5. The third-order valence-electron chi connectivity index (χ3n) is 8.92. The zero-order valence-corrected chi connectivity index (χ0v) is 30.1. The van der Waals surface area contributed by atoms with Crippen LogP contribution >= 0.6 is 12.4 Å². The smallest absolute Gasteiger partial charge is 0.338 e. The van der Waals surface area contributed by atoms with Crippen LogP contribution in [0.5, 0.6) is 5.75 Å². The van der Waals surface area contributed by atoms with Crippen molar-refractivity contribution in [1.82, 2.24) is 4.90 Å². The summed E-state index contributed by atoms with van der Waals surface area (Å²) in [6, 6.07) is 6.39. The maximum atomic E-state index is 12.4. The lowest BCUT2D eigenvalue weighted by Crippen LogP contribution is -3.00. The molecule has 1 aromatic rings. The lowest BCUT2D eigenvalue weighted by Gasteiger charge is -2.44. The summed E-state index contributed by atoms with van der Waals surface area (Å²) in [5.41, 5.74) is 6.79. The van der Waals surface area contributed by atoms with Gasteiger partial charge in [0.2, 0.25) is 0 Å². The normalized spacial score (nSPS) is 19.9. The molecule has 3 atom stereocenters. The maximum Gasteiger partial charge on any atom is 0.338 e. The van der Waals surface area contributed by atoms with Gasteiger partial charge >= 0.3 is 11.9 Å². The number of nitrogen functional groups attached to an aromatic ring is 1. The molecule has 0 amide bonds. The van der Waals surface area contributed by atoms with Crippen molar-refractivity contribution in [1.29, 1.82) is 0 Å². The molecule has 0 spiro atoms. The highest BCUT2D eigenvalue weighted by atomic mass is 79.9. The third-order valence-corrected chi connectivity index (χ3v) is 8.92. The van der Waals surface area contributed by atoms with Crippen molar-refractivity contribution in [3.05, 3.63) is 23.8 Å². The van der Waals surface area contributed by atoms with Gasteiger partial charge in [0.1, 0.15) is 18.5 Å². The molecule has 2 heterocycles. The molecule has 0 radical (unpaired) electrons. The second-order valence-corrected chi connectivity index (χ2v) is 12.1. The van der Waals surface area contributed by atoms with Gasteiger partial charge in [-0.1, -0.05) is 47.5 Å². The monoisotopic (exact) mass is 691 g/mol. The van der Waals surface area contributed by atoms with Crippen LogP contribution in [0.2, 0.25) is 0 Å². The van der Waals surface area contributed by atoms with Gasteiger partial charge in [0.05, 0.1) is 50.0 Å². The fraction of sp³-hybridized carbons (Fsp3) is 0.758. The Bertz CT molecular complexity index is 925. The Hall–Kier alpha value is -1.55. The molecule has 250 valence electrons. The summed E-state index contributed by atoms with van der Waals surface area (Å²) in [6.45, 7) is 14.1. The van der Waals surface area contributed by atoms with Gasteiger partial charge < -0.3 is 46.3 Å². The third kappa shape index (κ3) is 12.8. The molecule has 2 aliphatic rings. The van der Waals surface area contributed by atoms with Gasteiger partial charge in [-0.05, 0) is 50.6 Å². The van der Waals surface area contributed by atoms with Gasteiger partial charge in [-0.3, -0.25) is 4.79 Å². The number of likely N-dealkylation sites (N-methyl/N-ethyl adjacent to an activating group) is 1. The second-order valence-electron chi connectivity index (χ2n) is 12.1. The number of rotatable bonds is 15. The number of hydrogen-bond donors (Lipinski definition) is 1. The van der Waals surface area contributed by atoms with E-state index in [1.165, 1.54) is 12.8 Å². The van der Waals surface area contributed by atoms with Crippen LogP contribution in [0.25, 0.3) is 0 Å². The highest BCUT2D eigenvalue weighted by Crippen LogP contribution is 2.40. The number of ether oxygens (including phenoxy) is 3. The molecular formula is C33H59BrClN3O5. The Morgan fingerprint density at radius 1 is 0.953 bits per heavy atom. The molecule has 10 heteroatoms. The number of fused-ring (bicyclic) bond motifs is 2. The molecule has 1 aromatic carbocycles. The second kappa shape index (κ2) is 21.2. The van der Waals surface area contributed by atoms with Crippen LogP contribution in [0.15, 0.2) is 18.2 Å². The quantitative estimate of drug-likeness (QED) is 0.171. The average molecular weight is 693 g/mol. The Labute approximate surface area is 278 Å². The molecule has 8 nitrogen and oxygen atoms in total. The molecule has 3 rings (SSSR count). The van der Waals surface area contributed by atoms with Crippen molar-refractivity contribution < 1.29 is 45.3 Å². The van der Waals surface area contributed by atoms with E-state index in [0.29, 0.717) is 42.3 Å². The molecule has 0 unspecified atom stereocenters. The summed E-state index contributed by atoms with van der Waals surface area (Å²) >= 11 is 0. The molecule has 2 saturated heterocycles. The van der Waals surface area contributed by atoms with Crippen LogP contribution in [-0.2, 0) is 14.3 Å². The van der Waals surface area contributed by atoms with E-state index in [4.69, 9.17) is 19.9 Å². The Morgan fingerprint density at radius 3 is 2.02 bits per heavy atom. The van der Waals surface area contributed by atoms with E-state index in [-0.39, 0.29) is 53.3 Å². The van der Waals surface area contributed by atoms with E-state index in [0.717, 1.165) is 69.1 Å². The van der Waals surface area contributed by atoms with Crippen molar-refractivity contribution >= 4 is 30.0 Å². The first-order valence-corrected chi connectivity index (χ1v) is 16.1. The standard InChI is InChI=1S/C17H32NO2.C16H26N2O3.BrH.ClH/c1-5-7-13(8-6-2)17(19)20-16-11-14-9-10-15(12-16)18(14,3)4;1-4-10-20-15-8-7-13(12-14(15)17)16(19)21-11-9-18(5-2)6-3;;/h13-16H,5-12H2,1-4H3;7-8,12H,4-6,9-11,17H2,1-3H3;2*1H/q+1;;;/p-1/t14-,15+,16+;;;. The van der Waals surface area contributed by atoms with Gasteiger partial charge in [-0.2, -0.15) is 0 Å². The molecule has 0 aromatic heterocycles. The molecular weight excluding hydrogens is 634 g/mol. The summed E-state index contributed by atoms with van der Waals surface area (Å²) < 4.78 is 17.8. The molecule has 2 aliphatic heterocycles. The number of halogens is 2. The van der Waals surface area contributed by atoms with Crippen LogP contribution in [-0.4, -0.2) is 86.5 Å². The number of nitrogens with two attached hydrogens (primary N) is 1. The molecule has 2 fully saturated rings. The van der Waals surface area contributed by atoms with E-state index < -0.39 is 0 Å². The number of carbonyl (C=O) groups is 2. The van der Waals surface area contributed by atoms with Crippen molar-refractivity contribution in [3.8, 4) is 5.75 Å². The van der Waals surface area contributed by atoms with E-state index in [9.17, 15) is 9.59 Å². The summed E-state index contributed by atoms with van der Waals surface area (Å²) in [5, 5.41) is 0. The molecule has 2 bridgehead atoms. The largest absolute Gasteiger partial charge is 1.00 e. The summed E-state index contributed by atoms with van der Waals surface area (Å²) in [4.78, 5) is 26.5. The van der Waals surface area contributed by atoms with Crippen molar-refractivity contribution in [2.45, 2.75) is 111 Å². The van der Waals surface area contributed by atoms with E-state index >= 15 is 0 Å². The van der Waals surface area contributed by atoms with Crippen LogP contribution in [0, 0.1) is 5.92 Å². The number of nitrogens with zero attached hydrogens (tertiary/aromatic N) is 2. The lowest BCUT2D eigenvalue weighted by molar-refractivity contribution is -0.931. The van der Waals surface area contributed by atoms with E-state index in [2.05, 4.69) is 46.7 Å². The number of esters is 2. The molecule has 0 saturated carbocycles. The molecule has 43 heavy (non-hydrogen) atoms. The first-order chi connectivity index (χ1) is 19.6. The van der Waals surface area contributed by atoms with Crippen LogP contribution in [0.3, 0.4) is 0 Å². The van der Waals surface area contributed by atoms with Crippen LogP contribution in [0.4, 0.5) is 5.69 Å². The Balaban J connectivity index is 0.000000784. The van der Waals surface area contributed by atoms with Gasteiger partial charge in [0.25, 0.3) is 0 Å². The topological polar surface area (TPSA) is 91.1 Å². The van der Waals surface area contributed by atoms with Gasteiger partial charge in [0, 0.05) is 32.2 Å². The summed E-state index contributed by atoms with van der Waals surface area (Å²) in [6.07, 6.45) is 9.94. The van der Waals surface area contributed by atoms with Crippen molar-refractivity contribution in [3.63, 3.8) is 0 Å². The van der Waals surface area contributed by atoms with Crippen molar-refractivity contribution in [2.24, 2.45) is 5.92 Å². The molecule has 2 N–H and O–H groups in total. The van der Waals surface area contributed by atoms with Gasteiger partial charge in [-0.15, -0.1) is 12.4 Å². The average Bonchev–Trinajstić information content (AvgIpc) is 3.09. The minimum Gasteiger partial charge on any atom is -1.00 e. The van der Waals surface area contributed by atoms with Crippen molar-refractivity contribution in [2.75, 3.05) is 52.7 Å². The fourth-order valence-electron chi connectivity index (χ4n) is 6.17. The first kappa shape index (κ1) is 41.4.